The number of aromatic nitrogens is 2. The third-order valence-electron chi connectivity index (χ3n) is 10.9. The molecule has 0 atom stereocenters. The zero-order valence-corrected chi connectivity index (χ0v) is 28.9. The Morgan fingerprint density at radius 2 is 0.981 bits per heavy atom. The van der Waals surface area contributed by atoms with E-state index in [0.29, 0.717) is 0 Å². The van der Waals surface area contributed by atoms with Crippen molar-refractivity contribution in [3.05, 3.63) is 204 Å². The fourth-order valence-electron chi connectivity index (χ4n) is 8.72. The van der Waals surface area contributed by atoms with Gasteiger partial charge in [-0.05, 0) is 85.6 Å². The molecule has 0 amide bonds. The van der Waals surface area contributed by atoms with E-state index in [-0.39, 0.29) is 0 Å². The van der Waals surface area contributed by atoms with E-state index in [9.17, 15) is 0 Å². The van der Waals surface area contributed by atoms with Crippen LogP contribution in [0.3, 0.4) is 0 Å². The zero-order chi connectivity index (χ0) is 34.2. The second-order valence-electron chi connectivity index (χ2n) is 13.7. The maximum absolute atomic E-state index is 5.32. The van der Waals surface area contributed by atoms with Crippen LogP contribution in [0, 0.1) is 0 Å². The molecule has 0 saturated heterocycles. The van der Waals surface area contributed by atoms with Crippen LogP contribution in [0.25, 0.3) is 66.6 Å². The predicted molar refractivity (Wildman–Crippen MR) is 215 cm³/mol. The topological polar surface area (TPSA) is 25.8 Å². The summed E-state index contributed by atoms with van der Waals surface area (Å²) in [5, 5.41) is 3.43. The summed E-state index contributed by atoms with van der Waals surface area (Å²) in [7, 11) is 0. The van der Waals surface area contributed by atoms with Gasteiger partial charge in [0, 0.05) is 26.3 Å². The lowest BCUT2D eigenvalue weighted by atomic mass is 9.67. The number of benzene rings is 8. The number of hydrogen-bond acceptors (Lipinski definition) is 3. The fourth-order valence-corrected chi connectivity index (χ4v) is 9.89. The molecule has 8 aromatic carbocycles. The molecule has 242 valence electrons. The first-order chi connectivity index (χ1) is 25.8. The molecule has 0 unspecified atom stereocenters. The summed E-state index contributed by atoms with van der Waals surface area (Å²) in [4.78, 5) is 13.1. The van der Waals surface area contributed by atoms with Crippen molar-refractivity contribution in [1.82, 2.24) is 9.97 Å². The molecule has 1 aromatic heterocycles. The van der Waals surface area contributed by atoms with E-state index in [4.69, 9.17) is 9.97 Å². The summed E-state index contributed by atoms with van der Waals surface area (Å²) in [5.74, 6) is 0.723. The van der Waals surface area contributed by atoms with Gasteiger partial charge in [-0.2, -0.15) is 0 Å². The minimum Gasteiger partial charge on any atom is -0.228 e. The molecule has 52 heavy (non-hydrogen) atoms. The molecule has 2 nitrogen and oxygen atoms in total. The molecule has 1 aliphatic carbocycles. The highest BCUT2D eigenvalue weighted by Gasteiger charge is 2.50. The van der Waals surface area contributed by atoms with E-state index in [1.165, 1.54) is 59.5 Å². The quantitative estimate of drug-likeness (QED) is 0.186. The van der Waals surface area contributed by atoms with Crippen LogP contribution in [-0.2, 0) is 5.41 Å². The van der Waals surface area contributed by atoms with Gasteiger partial charge in [-0.25, -0.2) is 9.97 Å². The number of nitrogens with zero attached hydrogens (tertiary/aromatic N) is 2. The fraction of sp³-hybridized carbons (Fsp3) is 0.0204. The van der Waals surface area contributed by atoms with Gasteiger partial charge >= 0.3 is 0 Å². The van der Waals surface area contributed by atoms with E-state index in [1.807, 2.05) is 11.8 Å². The van der Waals surface area contributed by atoms with E-state index < -0.39 is 5.41 Å². The first-order valence-corrected chi connectivity index (χ1v) is 18.6. The first-order valence-electron chi connectivity index (χ1n) is 17.7. The van der Waals surface area contributed by atoms with Gasteiger partial charge in [-0.15, -0.1) is 0 Å². The van der Waals surface area contributed by atoms with Gasteiger partial charge in [0.25, 0.3) is 0 Å². The Bertz CT molecular complexity index is 2860. The van der Waals surface area contributed by atoms with Crippen molar-refractivity contribution in [2.24, 2.45) is 0 Å². The number of hydrogen-bond donors (Lipinski definition) is 0. The molecule has 1 aliphatic heterocycles. The average molecular weight is 679 g/mol. The lowest BCUT2D eigenvalue weighted by molar-refractivity contribution is 0.723. The largest absolute Gasteiger partial charge is 0.228 e. The summed E-state index contributed by atoms with van der Waals surface area (Å²) in [5.41, 5.74) is 13.9. The minimum absolute atomic E-state index is 0.410. The monoisotopic (exact) mass is 678 g/mol. The molecular weight excluding hydrogens is 649 g/mol. The first kappa shape index (κ1) is 29.4. The molecule has 1 spiro atoms. The molecular formula is C49H30N2S. The SMILES string of the molecule is c1cc(-c2ccc3c(c2)C2(c4ccccc4S3)c3ccccc3-c3ccccc32)cc(-c2nc(-c3cccc4ccccc34)c3ccccc3n2)c1. The van der Waals surface area contributed by atoms with Crippen LogP contribution in [0.15, 0.2) is 192 Å². The van der Waals surface area contributed by atoms with E-state index in [1.54, 1.807) is 0 Å². The summed E-state index contributed by atoms with van der Waals surface area (Å²) in [6, 6.07) is 66.1. The summed E-state index contributed by atoms with van der Waals surface area (Å²) >= 11 is 1.88. The van der Waals surface area contributed by atoms with Gasteiger partial charge < -0.3 is 0 Å². The molecule has 11 rings (SSSR count). The summed E-state index contributed by atoms with van der Waals surface area (Å²) < 4.78 is 0. The summed E-state index contributed by atoms with van der Waals surface area (Å²) in [6.07, 6.45) is 0. The highest BCUT2D eigenvalue weighted by molar-refractivity contribution is 7.99. The van der Waals surface area contributed by atoms with Gasteiger partial charge in [-0.1, -0.05) is 163 Å². The Hall–Kier alpha value is -6.29. The van der Waals surface area contributed by atoms with Crippen molar-refractivity contribution < 1.29 is 0 Å². The molecule has 3 heteroatoms. The van der Waals surface area contributed by atoms with Crippen LogP contribution in [0.1, 0.15) is 22.3 Å². The van der Waals surface area contributed by atoms with Crippen LogP contribution in [0.5, 0.6) is 0 Å². The minimum atomic E-state index is -0.410. The van der Waals surface area contributed by atoms with E-state index in [2.05, 4.69) is 182 Å². The van der Waals surface area contributed by atoms with Crippen LogP contribution >= 0.6 is 11.8 Å². The highest BCUT2D eigenvalue weighted by Crippen LogP contribution is 2.62. The smallest absolute Gasteiger partial charge is 0.160 e. The van der Waals surface area contributed by atoms with Gasteiger partial charge in [0.2, 0.25) is 0 Å². The molecule has 0 N–H and O–H groups in total. The van der Waals surface area contributed by atoms with Crippen molar-refractivity contribution in [2.45, 2.75) is 15.2 Å². The second-order valence-corrected chi connectivity index (χ2v) is 14.8. The predicted octanol–water partition coefficient (Wildman–Crippen LogP) is 12.6. The Kier molecular flexibility index (Phi) is 6.43. The lowest BCUT2D eigenvalue weighted by Crippen LogP contribution is -2.32. The zero-order valence-electron chi connectivity index (χ0n) is 28.1. The molecule has 2 heterocycles. The average Bonchev–Trinajstić information content (AvgIpc) is 3.51. The van der Waals surface area contributed by atoms with Crippen molar-refractivity contribution in [1.29, 1.82) is 0 Å². The highest BCUT2D eigenvalue weighted by atomic mass is 32.2. The Morgan fingerprint density at radius 3 is 1.83 bits per heavy atom. The molecule has 2 aliphatic rings. The van der Waals surface area contributed by atoms with Crippen LogP contribution in [-0.4, -0.2) is 9.97 Å². The van der Waals surface area contributed by atoms with Crippen molar-refractivity contribution in [2.75, 3.05) is 0 Å². The molecule has 0 saturated carbocycles. The van der Waals surface area contributed by atoms with Gasteiger partial charge in [-0.3, -0.25) is 0 Å². The van der Waals surface area contributed by atoms with Crippen LogP contribution < -0.4 is 0 Å². The maximum atomic E-state index is 5.32. The van der Waals surface area contributed by atoms with Gasteiger partial charge in [0.15, 0.2) is 5.82 Å². The lowest BCUT2D eigenvalue weighted by Gasteiger charge is -2.40. The normalized spacial score (nSPS) is 13.5. The number of fused-ring (bicyclic) bond motifs is 11. The third kappa shape index (κ3) is 4.20. The number of para-hydroxylation sites is 1. The van der Waals surface area contributed by atoms with Crippen LogP contribution in [0.4, 0.5) is 0 Å². The van der Waals surface area contributed by atoms with E-state index in [0.717, 1.165) is 39.1 Å². The van der Waals surface area contributed by atoms with Crippen molar-refractivity contribution in [3.8, 4) is 44.9 Å². The van der Waals surface area contributed by atoms with Gasteiger partial charge in [0.1, 0.15) is 0 Å². The Balaban J connectivity index is 1.10. The molecule has 0 radical (unpaired) electrons. The standard InChI is InChI=1S/C49H30N2S/c1-2-17-35-31(13-1)14-12-21-38(35)47-39-20-5-9-25-44(39)50-48(51-47)34-16-11-15-32(29-34)33-27-28-46-43(30-33)49(42-24-8-10-26-45(42)52-46)40-22-6-3-18-36(40)37-19-4-7-23-41(37)49/h1-30H. The summed E-state index contributed by atoms with van der Waals surface area (Å²) in [6.45, 7) is 0. The van der Waals surface area contributed by atoms with Crippen molar-refractivity contribution in [3.63, 3.8) is 0 Å². The Labute approximate surface area is 306 Å². The third-order valence-corrected chi connectivity index (χ3v) is 12.1. The van der Waals surface area contributed by atoms with Crippen LogP contribution in [0.2, 0.25) is 0 Å². The molecule has 0 bridgehead atoms. The molecule has 9 aromatic rings. The molecule has 0 fully saturated rings. The number of rotatable bonds is 3. The van der Waals surface area contributed by atoms with E-state index >= 15 is 0 Å². The van der Waals surface area contributed by atoms with Crippen molar-refractivity contribution >= 4 is 33.4 Å². The van der Waals surface area contributed by atoms with Gasteiger partial charge in [0.05, 0.1) is 16.6 Å². The second kappa shape index (κ2) is 11.4. The maximum Gasteiger partial charge on any atom is 0.160 e. The Morgan fingerprint density at radius 1 is 0.385 bits per heavy atom.